The SMILES string of the molecule is COc1c(F)c(N)c(S(=O)C(F)F)c(F)c1F. The van der Waals surface area contributed by atoms with Crippen molar-refractivity contribution >= 4 is 16.5 Å². The van der Waals surface area contributed by atoms with Crippen LogP contribution in [-0.4, -0.2) is 17.1 Å². The number of nitrogen functional groups attached to an aromatic ring is 1. The van der Waals surface area contributed by atoms with E-state index >= 15 is 0 Å². The van der Waals surface area contributed by atoms with Gasteiger partial charge in [0.2, 0.25) is 5.82 Å². The minimum absolute atomic E-state index is 0.837. The number of halogens is 5. The van der Waals surface area contributed by atoms with Crippen molar-refractivity contribution in [1.82, 2.24) is 0 Å². The van der Waals surface area contributed by atoms with Gasteiger partial charge in [0.25, 0.3) is 0 Å². The van der Waals surface area contributed by atoms with Crippen molar-refractivity contribution in [3.8, 4) is 5.75 Å². The maximum absolute atomic E-state index is 13.3. The van der Waals surface area contributed by atoms with Gasteiger partial charge < -0.3 is 10.5 Å². The lowest BCUT2D eigenvalue weighted by molar-refractivity contribution is 0.243. The molecule has 0 heterocycles. The molecule has 1 aromatic rings. The minimum Gasteiger partial charge on any atom is -0.491 e. The van der Waals surface area contributed by atoms with E-state index in [4.69, 9.17) is 5.73 Å². The van der Waals surface area contributed by atoms with Crippen LogP contribution < -0.4 is 10.5 Å². The summed E-state index contributed by atoms with van der Waals surface area (Å²) in [5, 5.41) is 0. The molecule has 1 rings (SSSR count). The van der Waals surface area contributed by atoms with Gasteiger partial charge in [0, 0.05) is 0 Å². The number of nitrogens with two attached hydrogens (primary N) is 1. The van der Waals surface area contributed by atoms with Crippen molar-refractivity contribution in [3.63, 3.8) is 0 Å². The summed E-state index contributed by atoms with van der Waals surface area (Å²) in [6, 6.07) is 0. The monoisotopic (exact) mass is 275 g/mol. The van der Waals surface area contributed by atoms with Crippen LogP contribution in [0, 0.1) is 17.5 Å². The second-order valence-electron chi connectivity index (χ2n) is 2.78. The molecule has 2 N–H and O–H groups in total. The van der Waals surface area contributed by atoms with Crippen molar-refractivity contribution in [3.05, 3.63) is 17.5 Å². The topological polar surface area (TPSA) is 52.3 Å². The predicted octanol–water partition coefficient (Wildman–Crippen LogP) is 2.02. The second-order valence-corrected chi connectivity index (χ2v) is 4.14. The lowest BCUT2D eigenvalue weighted by atomic mass is 10.2. The molecule has 1 aromatic carbocycles. The molecular weight excluding hydrogens is 269 g/mol. The Kier molecular flexibility index (Phi) is 3.91. The number of anilines is 1. The molecule has 1 atom stereocenters. The van der Waals surface area contributed by atoms with E-state index in [9.17, 15) is 26.2 Å². The highest BCUT2D eigenvalue weighted by Gasteiger charge is 2.31. The zero-order valence-electron chi connectivity index (χ0n) is 8.27. The van der Waals surface area contributed by atoms with Gasteiger partial charge in [0.05, 0.1) is 12.8 Å². The van der Waals surface area contributed by atoms with Gasteiger partial charge in [-0.1, -0.05) is 0 Å². The fourth-order valence-corrected chi connectivity index (χ4v) is 1.85. The van der Waals surface area contributed by atoms with Crippen molar-refractivity contribution in [2.24, 2.45) is 0 Å². The molecule has 17 heavy (non-hydrogen) atoms. The molecule has 0 aliphatic carbocycles. The van der Waals surface area contributed by atoms with Gasteiger partial charge in [-0.2, -0.15) is 13.2 Å². The van der Waals surface area contributed by atoms with E-state index < -0.39 is 50.3 Å². The molecular formula is C8H6F5NO2S. The first-order chi connectivity index (χ1) is 7.82. The van der Waals surface area contributed by atoms with E-state index in [0.29, 0.717) is 0 Å². The van der Waals surface area contributed by atoms with E-state index in [-0.39, 0.29) is 0 Å². The summed E-state index contributed by atoms with van der Waals surface area (Å²) in [6.07, 6.45) is 0. The first-order valence-electron chi connectivity index (χ1n) is 4.01. The van der Waals surface area contributed by atoms with Gasteiger partial charge in [0.1, 0.15) is 15.7 Å². The van der Waals surface area contributed by atoms with Gasteiger partial charge in [0.15, 0.2) is 17.4 Å². The molecule has 0 amide bonds. The summed E-state index contributed by atoms with van der Waals surface area (Å²) in [5.74, 6) is -10.0. The molecule has 0 saturated carbocycles. The Bertz CT molecular complexity index is 450. The van der Waals surface area contributed by atoms with Crippen molar-refractivity contribution in [2.75, 3.05) is 12.8 Å². The summed E-state index contributed by atoms with van der Waals surface area (Å²) >= 11 is 0. The van der Waals surface area contributed by atoms with Crippen LogP contribution in [0.2, 0.25) is 0 Å². The molecule has 3 nitrogen and oxygen atoms in total. The van der Waals surface area contributed by atoms with Gasteiger partial charge in [-0.05, 0) is 0 Å². The van der Waals surface area contributed by atoms with Crippen LogP contribution in [0.3, 0.4) is 0 Å². The first kappa shape index (κ1) is 13.7. The zero-order valence-corrected chi connectivity index (χ0v) is 9.09. The highest BCUT2D eigenvalue weighted by Crippen LogP contribution is 2.35. The third kappa shape index (κ3) is 2.19. The fraction of sp³-hybridized carbons (Fsp3) is 0.250. The molecule has 0 radical (unpaired) electrons. The van der Waals surface area contributed by atoms with Crippen molar-refractivity contribution < 1.29 is 30.9 Å². The van der Waals surface area contributed by atoms with Crippen LogP contribution in [0.15, 0.2) is 4.90 Å². The van der Waals surface area contributed by atoms with Crippen LogP contribution >= 0.6 is 0 Å². The van der Waals surface area contributed by atoms with Gasteiger partial charge in [-0.15, -0.1) is 0 Å². The highest BCUT2D eigenvalue weighted by atomic mass is 32.2. The largest absolute Gasteiger partial charge is 0.491 e. The Morgan fingerprint density at radius 1 is 1.18 bits per heavy atom. The quantitative estimate of drug-likeness (QED) is 0.521. The van der Waals surface area contributed by atoms with Gasteiger partial charge in [-0.25, -0.2) is 13.0 Å². The maximum Gasteiger partial charge on any atom is 0.316 e. The van der Waals surface area contributed by atoms with Crippen LogP contribution in [0.25, 0.3) is 0 Å². The molecule has 0 bridgehead atoms. The predicted molar refractivity (Wildman–Crippen MR) is 49.7 cm³/mol. The summed E-state index contributed by atoms with van der Waals surface area (Å²) in [4.78, 5) is -1.41. The highest BCUT2D eigenvalue weighted by molar-refractivity contribution is 7.85. The first-order valence-corrected chi connectivity index (χ1v) is 5.22. The van der Waals surface area contributed by atoms with Crippen LogP contribution in [0.1, 0.15) is 0 Å². The third-order valence-electron chi connectivity index (χ3n) is 1.84. The van der Waals surface area contributed by atoms with Crippen molar-refractivity contribution in [1.29, 1.82) is 0 Å². The number of benzene rings is 1. The van der Waals surface area contributed by atoms with E-state index in [1.165, 1.54) is 0 Å². The summed E-state index contributed by atoms with van der Waals surface area (Å²) in [5.41, 5.74) is 3.81. The van der Waals surface area contributed by atoms with E-state index in [1.54, 1.807) is 0 Å². The van der Waals surface area contributed by atoms with Crippen LogP contribution in [-0.2, 0) is 10.8 Å². The Hall–Kier alpha value is -1.38. The standard InChI is InChI=1S/C8H6F5NO2S/c1-16-6-2(9)3(10)7(5(14)4(6)11)17(15)8(12)13/h8H,14H2,1H3. The lowest BCUT2D eigenvalue weighted by Crippen LogP contribution is -2.13. The Balaban J connectivity index is 3.59. The number of methoxy groups -OCH3 is 1. The van der Waals surface area contributed by atoms with Crippen LogP contribution in [0.4, 0.5) is 27.6 Å². The number of rotatable bonds is 3. The van der Waals surface area contributed by atoms with E-state index in [0.717, 1.165) is 7.11 Å². The zero-order chi connectivity index (χ0) is 13.3. The molecule has 0 aliphatic heterocycles. The Morgan fingerprint density at radius 3 is 2.12 bits per heavy atom. The average molecular weight is 275 g/mol. The molecule has 0 saturated heterocycles. The molecule has 96 valence electrons. The summed E-state index contributed by atoms with van der Waals surface area (Å²) < 4.78 is 79.1. The van der Waals surface area contributed by atoms with Gasteiger partial charge >= 0.3 is 5.76 Å². The second kappa shape index (κ2) is 4.86. The molecule has 0 fully saturated rings. The fourth-order valence-electron chi connectivity index (χ4n) is 1.10. The number of hydrogen-bond acceptors (Lipinski definition) is 3. The summed E-state index contributed by atoms with van der Waals surface area (Å²) in [6.45, 7) is 0. The number of hydrogen-bond donors (Lipinski definition) is 1. The lowest BCUT2D eigenvalue weighted by Gasteiger charge is -2.11. The van der Waals surface area contributed by atoms with E-state index in [2.05, 4.69) is 4.74 Å². The van der Waals surface area contributed by atoms with Gasteiger partial charge in [-0.3, -0.25) is 0 Å². The molecule has 9 heteroatoms. The molecule has 1 unspecified atom stereocenters. The van der Waals surface area contributed by atoms with Crippen molar-refractivity contribution in [2.45, 2.75) is 10.7 Å². The third-order valence-corrected chi connectivity index (χ3v) is 2.96. The molecule has 0 spiro atoms. The van der Waals surface area contributed by atoms with E-state index in [1.807, 2.05) is 0 Å². The molecule has 0 aliphatic rings. The Morgan fingerprint density at radius 2 is 1.71 bits per heavy atom. The number of alkyl halides is 2. The van der Waals surface area contributed by atoms with Crippen LogP contribution in [0.5, 0.6) is 5.75 Å². The normalized spacial score (nSPS) is 12.9. The Labute approximate surface area is 94.8 Å². The maximum atomic E-state index is 13.3. The summed E-state index contributed by atoms with van der Waals surface area (Å²) in [7, 11) is -2.42. The number of ether oxygens (including phenoxy) is 1. The molecule has 0 aromatic heterocycles. The minimum atomic E-state index is -3.51. The smallest absolute Gasteiger partial charge is 0.316 e. The average Bonchev–Trinajstić information content (AvgIpc) is 2.27.